The molecular formula is C14H11ClFNO. The van der Waals surface area contributed by atoms with E-state index < -0.39 is 11.7 Å². The van der Waals surface area contributed by atoms with E-state index in [1.165, 1.54) is 12.1 Å². The second-order valence-corrected chi connectivity index (χ2v) is 4.32. The minimum absolute atomic E-state index is 0.138. The van der Waals surface area contributed by atoms with Crippen LogP contribution in [0.3, 0.4) is 0 Å². The van der Waals surface area contributed by atoms with Crippen molar-refractivity contribution in [1.29, 1.82) is 0 Å². The summed E-state index contributed by atoms with van der Waals surface area (Å²) in [4.78, 5) is 11.9. The Kier molecular flexibility index (Phi) is 3.63. The van der Waals surface area contributed by atoms with E-state index in [-0.39, 0.29) is 5.69 Å². The molecule has 2 aromatic carbocycles. The number of halogens is 2. The number of amides is 1. The first-order valence-corrected chi connectivity index (χ1v) is 5.78. The largest absolute Gasteiger partial charge is 0.319 e. The maximum absolute atomic E-state index is 13.4. The van der Waals surface area contributed by atoms with Crippen molar-refractivity contribution in [2.24, 2.45) is 0 Å². The van der Waals surface area contributed by atoms with E-state index in [1.807, 2.05) is 6.92 Å². The van der Waals surface area contributed by atoms with Crippen LogP contribution in [0.25, 0.3) is 0 Å². The van der Waals surface area contributed by atoms with Crippen LogP contribution in [0.4, 0.5) is 10.1 Å². The molecule has 1 N–H and O–H groups in total. The highest BCUT2D eigenvalue weighted by Crippen LogP contribution is 2.20. The lowest BCUT2D eigenvalue weighted by Gasteiger charge is -2.08. The Morgan fingerprint density at radius 3 is 2.61 bits per heavy atom. The molecule has 1 amide bonds. The molecule has 4 heteroatoms. The van der Waals surface area contributed by atoms with Gasteiger partial charge in [-0.1, -0.05) is 29.8 Å². The molecule has 2 aromatic rings. The molecule has 0 unspecified atom stereocenters. The highest BCUT2D eigenvalue weighted by molar-refractivity contribution is 6.34. The van der Waals surface area contributed by atoms with E-state index in [4.69, 9.17) is 11.6 Å². The maximum Gasteiger partial charge on any atom is 0.257 e. The zero-order valence-electron chi connectivity index (χ0n) is 9.71. The van der Waals surface area contributed by atoms with Crippen LogP contribution < -0.4 is 5.32 Å². The second kappa shape index (κ2) is 5.19. The molecule has 0 aliphatic carbocycles. The van der Waals surface area contributed by atoms with Gasteiger partial charge in [0.05, 0.1) is 16.3 Å². The first kappa shape index (κ1) is 12.6. The van der Waals surface area contributed by atoms with Crippen LogP contribution in [0.1, 0.15) is 15.9 Å². The topological polar surface area (TPSA) is 29.1 Å². The summed E-state index contributed by atoms with van der Waals surface area (Å²) >= 11 is 5.98. The Morgan fingerprint density at radius 2 is 1.94 bits per heavy atom. The van der Waals surface area contributed by atoms with E-state index in [1.54, 1.807) is 30.3 Å². The number of carbonyl (C=O) groups is 1. The van der Waals surface area contributed by atoms with Crippen molar-refractivity contribution in [3.8, 4) is 0 Å². The third-order valence-corrected chi connectivity index (χ3v) is 2.80. The van der Waals surface area contributed by atoms with Gasteiger partial charge in [-0.15, -0.1) is 0 Å². The van der Waals surface area contributed by atoms with Gasteiger partial charge < -0.3 is 5.32 Å². The number of aryl methyl sites for hydroxylation is 1. The van der Waals surface area contributed by atoms with Crippen molar-refractivity contribution in [2.45, 2.75) is 6.92 Å². The number of carbonyl (C=O) groups excluding carboxylic acids is 1. The summed E-state index contributed by atoms with van der Waals surface area (Å²) in [5.41, 5.74) is 1.42. The molecule has 0 fully saturated rings. The molecule has 2 nitrogen and oxygen atoms in total. The molecule has 0 aromatic heterocycles. The molecule has 2 rings (SSSR count). The van der Waals surface area contributed by atoms with Gasteiger partial charge in [-0.2, -0.15) is 0 Å². The quantitative estimate of drug-likeness (QED) is 0.870. The minimum Gasteiger partial charge on any atom is -0.319 e. The van der Waals surface area contributed by atoms with Gasteiger partial charge in [-0.05, 0) is 36.8 Å². The molecule has 92 valence electrons. The molecule has 0 saturated heterocycles. The van der Waals surface area contributed by atoms with Crippen LogP contribution in [0.2, 0.25) is 5.02 Å². The van der Waals surface area contributed by atoms with Crippen LogP contribution in [0.5, 0.6) is 0 Å². The summed E-state index contributed by atoms with van der Waals surface area (Å²) in [5, 5.41) is 2.84. The molecular weight excluding hydrogens is 253 g/mol. The lowest BCUT2D eigenvalue weighted by Crippen LogP contribution is -2.13. The van der Waals surface area contributed by atoms with Crippen LogP contribution in [0.15, 0.2) is 42.5 Å². The van der Waals surface area contributed by atoms with Crippen molar-refractivity contribution in [1.82, 2.24) is 0 Å². The highest BCUT2D eigenvalue weighted by atomic mass is 35.5. The van der Waals surface area contributed by atoms with Crippen molar-refractivity contribution in [3.63, 3.8) is 0 Å². The SMILES string of the molecule is Cc1ccc(C(=O)Nc2ccccc2F)c(Cl)c1. The molecule has 0 aliphatic heterocycles. The summed E-state index contributed by atoms with van der Waals surface area (Å²) in [7, 11) is 0. The standard InChI is InChI=1S/C14H11ClFNO/c1-9-6-7-10(11(15)8-9)14(18)17-13-5-3-2-4-12(13)16/h2-8H,1H3,(H,17,18). The molecule has 0 spiro atoms. The molecule has 0 heterocycles. The number of rotatable bonds is 2. The first-order valence-electron chi connectivity index (χ1n) is 5.40. The predicted octanol–water partition coefficient (Wildman–Crippen LogP) is 4.04. The minimum atomic E-state index is -0.478. The van der Waals surface area contributed by atoms with Crippen molar-refractivity contribution < 1.29 is 9.18 Å². The number of hydrogen-bond donors (Lipinski definition) is 1. The van der Waals surface area contributed by atoms with Gasteiger partial charge in [-0.3, -0.25) is 4.79 Å². The van der Waals surface area contributed by atoms with Gasteiger partial charge in [-0.25, -0.2) is 4.39 Å². The van der Waals surface area contributed by atoms with Crippen LogP contribution in [-0.4, -0.2) is 5.91 Å². The van der Waals surface area contributed by atoms with E-state index in [0.29, 0.717) is 10.6 Å². The summed E-state index contributed by atoms with van der Waals surface area (Å²) < 4.78 is 13.4. The molecule has 0 bridgehead atoms. The van der Waals surface area contributed by atoms with Crippen molar-refractivity contribution in [3.05, 3.63) is 64.4 Å². The summed E-state index contributed by atoms with van der Waals surface area (Å²) in [6.07, 6.45) is 0. The van der Waals surface area contributed by atoms with E-state index >= 15 is 0 Å². The fourth-order valence-electron chi connectivity index (χ4n) is 1.56. The van der Waals surface area contributed by atoms with Gasteiger partial charge >= 0.3 is 0 Å². The predicted molar refractivity (Wildman–Crippen MR) is 70.5 cm³/mol. The Hall–Kier alpha value is -1.87. The van der Waals surface area contributed by atoms with Gasteiger partial charge in [0, 0.05) is 0 Å². The zero-order chi connectivity index (χ0) is 13.1. The van der Waals surface area contributed by atoms with Crippen LogP contribution in [-0.2, 0) is 0 Å². The fraction of sp³-hybridized carbons (Fsp3) is 0.0714. The third kappa shape index (κ3) is 2.68. The Balaban J connectivity index is 2.25. The molecule has 0 radical (unpaired) electrons. The van der Waals surface area contributed by atoms with Crippen molar-refractivity contribution in [2.75, 3.05) is 5.32 Å². The van der Waals surface area contributed by atoms with E-state index in [0.717, 1.165) is 5.56 Å². The average molecular weight is 264 g/mol. The van der Waals surface area contributed by atoms with Gasteiger partial charge in [0.25, 0.3) is 5.91 Å². The normalized spacial score (nSPS) is 10.2. The first-order chi connectivity index (χ1) is 8.58. The molecule has 0 aliphatic rings. The Bertz CT molecular complexity index is 598. The highest BCUT2D eigenvalue weighted by Gasteiger charge is 2.12. The Labute approximate surface area is 109 Å². The Morgan fingerprint density at radius 1 is 1.22 bits per heavy atom. The second-order valence-electron chi connectivity index (χ2n) is 3.92. The van der Waals surface area contributed by atoms with Gasteiger partial charge in [0.15, 0.2) is 0 Å². The average Bonchev–Trinajstić information content (AvgIpc) is 2.32. The fourth-order valence-corrected chi connectivity index (χ4v) is 1.88. The summed E-state index contributed by atoms with van der Waals surface area (Å²) in [5.74, 6) is -0.904. The van der Waals surface area contributed by atoms with Gasteiger partial charge in [0.1, 0.15) is 5.82 Å². The molecule has 0 atom stereocenters. The molecule has 18 heavy (non-hydrogen) atoms. The zero-order valence-corrected chi connectivity index (χ0v) is 10.5. The van der Waals surface area contributed by atoms with Crippen LogP contribution >= 0.6 is 11.6 Å². The lowest BCUT2D eigenvalue weighted by atomic mass is 10.1. The van der Waals surface area contributed by atoms with Crippen molar-refractivity contribution >= 4 is 23.2 Å². The van der Waals surface area contributed by atoms with Crippen LogP contribution in [0, 0.1) is 12.7 Å². The third-order valence-electron chi connectivity index (χ3n) is 2.49. The number of hydrogen-bond acceptors (Lipinski definition) is 1. The monoisotopic (exact) mass is 263 g/mol. The number of nitrogens with one attached hydrogen (secondary N) is 1. The van der Waals surface area contributed by atoms with Gasteiger partial charge in [0.2, 0.25) is 0 Å². The lowest BCUT2D eigenvalue weighted by molar-refractivity contribution is 0.102. The molecule has 0 saturated carbocycles. The number of para-hydroxylation sites is 1. The summed E-state index contributed by atoms with van der Waals surface area (Å²) in [6, 6.07) is 11.1. The smallest absolute Gasteiger partial charge is 0.257 e. The van der Waals surface area contributed by atoms with E-state index in [9.17, 15) is 9.18 Å². The number of benzene rings is 2. The van der Waals surface area contributed by atoms with E-state index in [2.05, 4.69) is 5.32 Å². The maximum atomic E-state index is 13.4. The summed E-state index contributed by atoms with van der Waals surface area (Å²) in [6.45, 7) is 1.88. The number of anilines is 1.